The van der Waals surface area contributed by atoms with E-state index in [9.17, 15) is 0 Å². The lowest BCUT2D eigenvalue weighted by Gasteiger charge is -2.11. The molecule has 0 aliphatic heterocycles. The van der Waals surface area contributed by atoms with E-state index in [0.717, 1.165) is 37.5 Å². The van der Waals surface area contributed by atoms with Crippen LogP contribution in [0, 0.1) is 0 Å². The zero-order valence-electron chi connectivity index (χ0n) is 12.7. The van der Waals surface area contributed by atoms with E-state index in [1.54, 1.807) is 24.6 Å². The fourth-order valence-electron chi connectivity index (χ4n) is 1.89. The van der Waals surface area contributed by atoms with Gasteiger partial charge in [0.1, 0.15) is 5.15 Å². The molecule has 2 N–H and O–H groups in total. The summed E-state index contributed by atoms with van der Waals surface area (Å²) in [5.41, 5.74) is 1.15. The Morgan fingerprint density at radius 2 is 1.96 bits per heavy atom. The number of nitrogens with zero attached hydrogens (tertiary/aromatic N) is 2. The zero-order valence-corrected chi connectivity index (χ0v) is 18.2. The summed E-state index contributed by atoms with van der Waals surface area (Å²) in [6, 6.07) is 8.01. The first-order valence-electron chi connectivity index (χ1n) is 6.96. The number of guanidine groups is 1. The van der Waals surface area contributed by atoms with E-state index in [-0.39, 0.29) is 24.0 Å². The number of pyridine rings is 1. The van der Waals surface area contributed by atoms with Crippen LogP contribution in [0.15, 0.2) is 39.2 Å². The smallest absolute Gasteiger partial charge is 0.190 e. The fraction of sp³-hybridized carbons (Fsp3) is 0.333. The summed E-state index contributed by atoms with van der Waals surface area (Å²) in [6.45, 7) is 1.66. The van der Waals surface area contributed by atoms with Crippen molar-refractivity contribution >= 4 is 68.8 Å². The van der Waals surface area contributed by atoms with E-state index in [4.69, 9.17) is 11.6 Å². The monoisotopic (exact) mass is 528 g/mol. The van der Waals surface area contributed by atoms with Crippen LogP contribution in [0.3, 0.4) is 0 Å². The van der Waals surface area contributed by atoms with Crippen molar-refractivity contribution in [2.75, 3.05) is 20.1 Å². The molecule has 2 aromatic heterocycles. The highest BCUT2D eigenvalue weighted by Crippen LogP contribution is 2.21. The second kappa shape index (κ2) is 11.2. The summed E-state index contributed by atoms with van der Waals surface area (Å²) >= 11 is 11.0. The largest absolute Gasteiger partial charge is 0.356 e. The fourth-order valence-corrected chi connectivity index (χ4v) is 3.48. The molecule has 0 radical (unpaired) electrons. The van der Waals surface area contributed by atoms with E-state index in [0.29, 0.717) is 5.15 Å². The second-order valence-electron chi connectivity index (χ2n) is 4.62. The predicted molar refractivity (Wildman–Crippen MR) is 113 cm³/mol. The molecule has 0 saturated heterocycles. The van der Waals surface area contributed by atoms with Crippen LogP contribution in [0.25, 0.3) is 0 Å². The summed E-state index contributed by atoms with van der Waals surface area (Å²) in [5.74, 6) is 0.817. The van der Waals surface area contributed by atoms with Crippen molar-refractivity contribution in [3.05, 3.63) is 49.8 Å². The van der Waals surface area contributed by atoms with Gasteiger partial charge in [-0.2, -0.15) is 0 Å². The summed E-state index contributed by atoms with van der Waals surface area (Å²) in [4.78, 5) is 9.64. The average molecular weight is 530 g/mol. The first-order chi connectivity index (χ1) is 10.7. The number of hydrogen-bond acceptors (Lipinski definition) is 3. The Morgan fingerprint density at radius 1 is 1.22 bits per heavy atom. The lowest BCUT2D eigenvalue weighted by Crippen LogP contribution is -2.39. The minimum Gasteiger partial charge on any atom is -0.356 e. The van der Waals surface area contributed by atoms with Crippen LogP contribution in [0.4, 0.5) is 0 Å². The van der Waals surface area contributed by atoms with Crippen molar-refractivity contribution in [2.45, 2.75) is 12.8 Å². The van der Waals surface area contributed by atoms with E-state index >= 15 is 0 Å². The van der Waals surface area contributed by atoms with Gasteiger partial charge in [-0.25, -0.2) is 4.98 Å². The van der Waals surface area contributed by atoms with Crippen LogP contribution in [0.1, 0.15) is 10.4 Å². The minimum absolute atomic E-state index is 0. The molecule has 0 aliphatic carbocycles. The standard InChI is InChI=1S/C15H18BrClN4S.HI/c1-18-15(20-9-7-12-3-4-13(16)22-12)19-8-6-11-2-5-14(17)21-10-11;/h2-5,10H,6-9H2,1H3,(H2,18,19,20);1H. The highest BCUT2D eigenvalue weighted by Gasteiger charge is 2.01. The summed E-state index contributed by atoms with van der Waals surface area (Å²) < 4.78 is 1.17. The molecule has 0 aromatic carbocycles. The number of hydrogen-bond donors (Lipinski definition) is 2. The molecule has 126 valence electrons. The number of halogens is 3. The Balaban J connectivity index is 0.00000264. The van der Waals surface area contributed by atoms with Crippen LogP contribution in [0.2, 0.25) is 5.15 Å². The highest BCUT2D eigenvalue weighted by atomic mass is 127. The Kier molecular flexibility index (Phi) is 10.1. The van der Waals surface area contributed by atoms with Gasteiger partial charge in [-0.3, -0.25) is 4.99 Å². The summed E-state index contributed by atoms with van der Waals surface area (Å²) in [5, 5.41) is 7.13. The summed E-state index contributed by atoms with van der Waals surface area (Å²) in [6.07, 6.45) is 3.66. The van der Waals surface area contributed by atoms with Gasteiger partial charge in [-0.05, 0) is 52.5 Å². The Bertz CT molecular complexity index is 618. The molecule has 0 aliphatic rings. The van der Waals surface area contributed by atoms with Crippen molar-refractivity contribution in [3.8, 4) is 0 Å². The summed E-state index contributed by atoms with van der Waals surface area (Å²) in [7, 11) is 1.78. The highest BCUT2D eigenvalue weighted by molar-refractivity contribution is 14.0. The molecule has 0 unspecified atom stereocenters. The lowest BCUT2D eigenvalue weighted by molar-refractivity contribution is 0.786. The van der Waals surface area contributed by atoms with Crippen LogP contribution >= 0.6 is 62.8 Å². The Morgan fingerprint density at radius 3 is 2.52 bits per heavy atom. The van der Waals surface area contributed by atoms with E-state index in [1.165, 1.54) is 8.66 Å². The van der Waals surface area contributed by atoms with E-state index < -0.39 is 0 Å². The van der Waals surface area contributed by atoms with Gasteiger partial charge in [-0.1, -0.05) is 17.7 Å². The molecule has 2 rings (SSSR count). The minimum atomic E-state index is 0. The van der Waals surface area contributed by atoms with Crippen LogP contribution in [-0.4, -0.2) is 31.1 Å². The maximum atomic E-state index is 5.77. The third-order valence-electron chi connectivity index (χ3n) is 3.01. The van der Waals surface area contributed by atoms with Gasteiger partial charge in [0.2, 0.25) is 0 Å². The molecular formula is C15H19BrClIN4S. The molecule has 2 heterocycles. The van der Waals surface area contributed by atoms with Gasteiger partial charge >= 0.3 is 0 Å². The molecule has 0 bridgehead atoms. The number of nitrogens with one attached hydrogen (secondary N) is 2. The molecule has 0 spiro atoms. The van der Waals surface area contributed by atoms with Crippen LogP contribution in [0.5, 0.6) is 0 Å². The second-order valence-corrected chi connectivity index (χ2v) is 7.56. The molecule has 23 heavy (non-hydrogen) atoms. The first-order valence-corrected chi connectivity index (χ1v) is 8.95. The van der Waals surface area contributed by atoms with Gasteiger partial charge in [-0.15, -0.1) is 35.3 Å². The van der Waals surface area contributed by atoms with Crippen molar-refractivity contribution < 1.29 is 0 Å². The molecule has 4 nitrogen and oxygen atoms in total. The van der Waals surface area contributed by atoms with Gasteiger partial charge < -0.3 is 10.6 Å². The molecule has 0 atom stereocenters. The van der Waals surface area contributed by atoms with Crippen molar-refractivity contribution in [1.82, 2.24) is 15.6 Å². The third kappa shape index (κ3) is 7.82. The van der Waals surface area contributed by atoms with Crippen LogP contribution in [-0.2, 0) is 12.8 Å². The van der Waals surface area contributed by atoms with Gasteiger partial charge in [0.05, 0.1) is 3.79 Å². The first kappa shape index (κ1) is 20.7. The van der Waals surface area contributed by atoms with Crippen molar-refractivity contribution in [3.63, 3.8) is 0 Å². The van der Waals surface area contributed by atoms with Gasteiger partial charge in [0.25, 0.3) is 0 Å². The maximum absolute atomic E-state index is 5.77. The van der Waals surface area contributed by atoms with Gasteiger partial charge in [0, 0.05) is 31.2 Å². The van der Waals surface area contributed by atoms with E-state index in [1.807, 2.05) is 12.1 Å². The predicted octanol–water partition coefficient (Wildman–Crippen LogP) is 4.13. The molecule has 0 amide bonds. The Labute approximate surface area is 171 Å². The van der Waals surface area contributed by atoms with Gasteiger partial charge in [0.15, 0.2) is 5.96 Å². The maximum Gasteiger partial charge on any atom is 0.190 e. The third-order valence-corrected chi connectivity index (χ3v) is 4.92. The molecular weight excluding hydrogens is 511 g/mol. The molecule has 8 heteroatoms. The zero-order chi connectivity index (χ0) is 15.8. The lowest BCUT2D eigenvalue weighted by atomic mass is 10.2. The molecule has 0 saturated carbocycles. The number of aliphatic imine (C=N–C) groups is 1. The van der Waals surface area contributed by atoms with Crippen molar-refractivity contribution in [2.24, 2.45) is 4.99 Å². The number of aromatic nitrogens is 1. The van der Waals surface area contributed by atoms with Crippen LogP contribution < -0.4 is 10.6 Å². The Hall–Kier alpha value is -0.380. The molecule has 2 aromatic rings. The van der Waals surface area contributed by atoms with E-state index in [2.05, 4.69) is 48.7 Å². The number of rotatable bonds is 6. The average Bonchev–Trinajstić information content (AvgIpc) is 2.93. The molecule has 0 fully saturated rings. The van der Waals surface area contributed by atoms with Crippen molar-refractivity contribution in [1.29, 1.82) is 0 Å². The normalized spacial score (nSPS) is 11.0. The topological polar surface area (TPSA) is 49.3 Å². The SMILES string of the molecule is CN=C(NCCc1ccc(Cl)nc1)NCCc1ccc(Br)s1.I. The number of thiophene rings is 1. The quantitative estimate of drug-likeness (QED) is 0.256.